The molecule has 0 saturated carbocycles. The summed E-state index contributed by atoms with van der Waals surface area (Å²) in [6.45, 7) is 6.26. The Kier molecular flexibility index (Phi) is 51.6. The Morgan fingerprint density at radius 3 is 0.884 bits per heavy atom. The predicted octanol–water partition coefficient (Wildman–Crippen LogP) is 18.2. The number of unbranched alkanes of at least 4 members (excludes halogenated alkanes) is 19. The third-order valence-corrected chi connectivity index (χ3v) is 10.8. The van der Waals surface area contributed by atoms with Gasteiger partial charge in [0, 0.05) is 19.3 Å². The zero-order chi connectivity index (χ0) is 50.0. The van der Waals surface area contributed by atoms with Gasteiger partial charge in [0.1, 0.15) is 13.2 Å². The van der Waals surface area contributed by atoms with Crippen LogP contribution in [0.15, 0.2) is 158 Å². The summed E-state index contributed by atoms with van der Waals surface area (Å²) in [6, 6.07) is 0. The van der Waals surface area contributed by atoms with Crippen molar-refractivity contribution >= 4 is 17.9 Å². The number of hydrogen-bond donors (Lipinski definition) is 0. The average molecular weight is 949 g/mol. The van der Waals surface area contributed by atoms with E-state index < -0.39 is 6.10 Å². The van der Waals surface area contributed by atoms with E-state index in [4.69, 9.17) is 14.2 Å². The van der Waals surface area contributed by atoms with Crippen LogP contribution in [-0.2, 0) is 28.6 Å². The van der Waals surface area contributed by atoms with E-state index in [1.165, 1.54) is 38.5 Å². The zero-order valence-corrected chi connectivity index (χ0v) is 43.8. The fourth-order valence-electron chi connectivity index (χ4n) is 6.74. The smallest absolute Gasteiger partial charge is 0.306 e. The van der Waals surface area contributed by atoms with E-state index >= 15 is 0 Å². The highest BCUT2D eigenvalue weighted by Crippen LogP contribution is 2.13. The highest BCUT2D eigenvalue weighted by Gasteiger charge is 2.19. The Bertz CT molecular complexity index is 1610. The van der Waals surface area contributed by atoms with Gasteiger partial charge in [-0.3, -0.25) is 14.4 Å². The van der Waals surface area contributed by atoms with Gasteiger partial charge < -0.3 is 14.2 Å². The van der Waals surface area contributed by atoms with Crippen LogP contribution in [-0.4, -0.2) is 37.2 Å². The molecule has 0 rings (SSSR count). The largest absolute Gasteiger partial charge is 0.462 e. The molecule has 0 amide bonds. The van der Waals surface area contributed by atoms with Gasteiger partial charge in [-0.15, -0.1) is 0 Å². The minimum Gasteiger partial charge on any atom is -0.462 e. The molecule has 1 unspecified atom stereocenters. The van der Waals surface area contributed by atoms with Gasteiger partial charge in [-0.05, 0) is 77.0 Å². The Hall–Kier alpha value is -4.97. The van der Waals surface area contributed by atoms with E-state index in [9.17, 15) is 14.4 Å². The maximum Gasteiger partial charge on any atom is 0.306 e. The van der Waals surface area contributed by atoms with Gasteiger partial charge in [0.25, 0.3) is 0 Å². The maximum atomic E-state index is 12.8. The first kappa shape index (κ1) is 64.0. The summed E-state index contributed by atoms with van der Waals surface area (Å²) in [7, 11) is 0. The molecule has 0 bridgehead atoms. The van der Waals surface area contributed by atoms with Gasteiger partial charge in [-0.2, -0.15) is 0 Å². The Morgan fingerprint density at radius 1 is 0.304 bits per heavy atom. The summed E-state index contributed by atoms with van der Waals surface area (Å²) in [5.41, 5.74) is 0. The topological polar surface area (TPSA) is 78.9 Å². The molecule has 0 N–H and O–H groups in total. The van der Waals surface area contributed by atoms with Crippen LogP contribution in [0.5, 0.6) is 0 Å². The molecule has 0 heterocycles. The lowest BCUT2D eigenvalue weighted by Crippen LogP contribution is -2.30. The van der Waals surface area contributed by atoms with Crippen molar-refractivity contribution in [3.8, 4) is 0 Å². The van der Waals surface area contributed by atoms with E-state index in [2.05, 4.69) is 106 Å². The molecule has 69 heavy (non-hydrogen) atoms. The van der Waals surface area contributed by atoms with Crippen molar-refractivity contribution in [2.24, 2.45) is 0 Å². The maximum absolute atomic E-state index is 12.8. The van der Waals surface area contributed by atoms with E-state index in [0.717, 1.165) is 122 Å². The number of esters is 3. The molecule has 6 heteroatoms. The van der Waals surface area contributed by atoms with Crippen LogP contribution in [0.4, 0.5) is 0 Å². The van der Waals surface area contributed by atoms with Crippen molar-refractivity contribution in [2.75, 3.05) is 13.2 Å². The summed E-state index contributed by atoms with van der Waals surface area (Å²) >= 11 is 0. The van der Waals surface area contributed by atoms with E-state index in [1.807, 2.05) is 72.9 Å². The SMILES string of the molecule is CC\C=C/C=C\C=C/CCCCCCCCCC(=O)OCC(COC(=O)CCCCCCC\C=C/C=C\C=C/C=C\C=C/CCC)OC(=O)CCCCCCC\C=C/C=C\C=C/C=C\C=C/CCC. The molecule has 0 aromatic rings. The molecular weight excluding hydrogens is 853 g/mol. The quantitative estimate of drug-likeness (QED) is 0.0262. The highest BCUT2D eigenvalue weighted by atomic mass is 16.6. The molecule has 0 aliphatic rings. The molecule has 384 valence electrons. The van der Waals surface area contributed by atoms with Gasteiger partial charge in [0.2, 0.25) is 0 Å². The molecule has 6 nitrogen and oxygen atoms in total. The minimum absolute atomic E-state index is 0.112. The van der Waals surface area contributed by atoms with E-state index in [1.54, 1.807) is 0 Å². The first-order valence-electron chi connectivity index (χ1n) is 27.2. The summed E-state index contributed by atoms with van der Waals surface area (Å²) in [5.74, 6) is -0.984. The average Bonchev–Trinajstić information content (AvgIpc) is 3.35. The van der Waals surface area contributed by atoms with Crippen molar-refractivity contribution in [3.05, 3.63) is 158 Å². The van der Waals surface area contributed by atoms with Crippen molar-refractivity contribution in [2.45, 2.75) is 207 Å². The van der Waals surface area contributed by atoms with Crippen LogP contribution in [0.3, 0.4) is 0 Å². The monoisotopic (exact) mass is 949 g/mol. The van der Waals surface area contributed by atoms with Crippen LogP contribution in [0.25, 0.3) is 0 Å². The standard InChI is InChI=1S/C63H96O6/c1-4-7-10-13-16-19-22-25-28-30-32-35-38-41-44-47-50-53-56-62(65)68-59-60(58-67-61(64)55-52-49-46-43-40-37-34-27-24-21-18-15-12-9-6-3)69-63(66)57-54-51-48-45-42-39-36-33-31-29-26-23-20-17-14-11-8-5-2/h9-26,28-33,35-36,60H,4-8,27,34,37-59H2,1-3H3/b12-9-,13-10-,14-11-,18-15-,19-16-,20-17-,24-21-,25-22-,26-23-,30-28-,31-29-,35-32-,36-33-. The van der Waals surface area contributed by atoms with Crippen LogP contribution in [0.2, 0.25) is 0 Å². The molecule has 0 fully saturated rings. The first-order chi connectivity index (χ1) is 34.0. The van der Waals surface area contributed by atoms with Gasteiger partial charge in [0.05, 0.1) is 0 Å². The van der Waals surface area contributed by atoms with E-state index in [0.29, 0.717) is 12.8 Å². The third-order valence-electron chi connectivity index (χ3n) is 10.8. The highest BCUT2D eigenvalue weighted by molar-refractivity contribution is 5.71. The van der Waals surface area contributed by atoms with Gasteiger partial charge in [-0.1, -0.05) is 262 Å². The normalized spacial score (nSPS) is 13.4. The summed E-state index contributed by atoms with van der Waals surface area (Å²) in [4.78, 5) is 38.1. The molecule has 0 aliphatic heterocycles. The van der Waals surface area contributed by atoms with Crippen molar-refractivity contribution in [3.63, 3.8) is 0 Å². The fraction of sp³-hybridized carbons (Fsp3) is 0.540. The number of allylic oxidation sites excluding steroid dienone is 26. The fourth-order valence-corrected chi connectivity index (χ4v) is 6.74. The number of carbonyl (C=O) groups is 3. The molecule has 1 atom stereocenters. The lowest BCUT2D eigenvalue weighted by Gasteiger charge is -2.18. The van der Waals surface area contributed by atoms with Crippen LogP contribution >= 0.6 is 0 Å². The van der Waals surface area contributed by atoms with Gasteiger partial charge in [-0.25, -0.2) is 0 Å². The Morgan fingerprint density at radius 2 is 0.565 bits per heavy atom. The first-order valence-corrected chi connectivity index (χ1v) is 27.2. The van der Waals surface area contributed by atoms with Crippen LogP contribution in [0.1, 0.15) is 201 Å². The molecule has 0 saturated heterocycles. The number of hydrogen-bond acceptors (Lipinski definition) is 6. The summed E-state index contributed by atoms with van der Waals surface area (Å²) < 4.78 is 16.8. The number of rotatable bonds is 46. The second-order valence-corrected chi connectivity index (χ2v) is 17.4. The van der Waals surface area contributed by atoms with E-state index in [-0.39, 0.29) is 37.5 Å². The second-order valence-electron chi connectivity index (χ2n) is 17.4. The summed E-state index contributed by atoms with van der Waals surface area (Å²) in [5, 5.41) is 0. The van der Waals surface area contributed by atoms with Gasteiger partial charge in [0.15, 0.2) is 6.10 Å². The van der Waals surface area contributed by atoms with Crippen LogP contribution < -0.4 is 0 Å². The van der Waals surface area contributed by atoms with Crippen molar-refractivity contribution in [1.29, 1.82) is 0 Å². The summed E-state index contributed by atoms with van der Waals surface area (Å²) in [6.07, 6.45) is 80.6. The molecule has 0 aromatic heterocycles. The number of carbonyl (C=O) groups excluding carboxylic acids is 3. The molecule has 0 aromatic carbocycles. The Labute approximate surface area is 422 Å². The zero-order valence-electron chi connectivity index (χ0n) is 43.8. The molecule has 0 radical (unpaired) electrons. The molecule has 0 aliphatic carbocycles. The lowest BCUT2D eigenvalue weighted by atomic mass is 10.1. The Balaban J connectivity index is 4.57. The minimum atomic E-state index is -0.817. The third kappa shape index (κ3) is 53.8. The van der Waals surface area contributed by atoms with Gasteiger partial charge >= 0.3 is 17.9 Å². The lowest BCUT2D eigenvalue weighted by molar-refractivity contribution is -0.167. The molecular formula is C63H96O6. The second kappa shape index (κ2) is 55.6. The predicted molar refractivity (Wildman–Crippen MR) is 297 cm³/mol. The van der Waals surface area contributed by atoms with Crippen molar-refractivity contribution in [1.82, 2.24) is 0 Å². The van der Waals surface area contributed by atoms with Crippen LogP contribution in [0, 0.1) is 0 Å². The number of ether oxygens (including phenoxy) is 3. The molecule has 0 spiro atoms. The van der Waals surface area contributed by atoms with Crippen molar-refractivity contribution < 1.29 is 28.6 Å².